The Bertz CT molecular complexity index is 379. The third kappa shape index (κ3) is 2.35. The maximum absolute atomic E-state index is 10.1. The van der Waals surface area contributed by atoms with E-state index in [1.165, 1.54) is 6.42 Å². The fourth-order valence-electron chi connectivity index (χ4n) is 2.03. The van der Waals surface area contributed by atoms with E-state index >= 15 is 0 Å². The summed E-state index contributed by atoms with van der Waals surface area (Å²) < 4.78 is 0. The quantitative estimate of drug-likeness (QED) is 0.876. The van der Waals surface area contributed by atoms with Crippen molar-refractivity contribution in [2.24, 2.45) is 11.7 Å². The lowest BCUT2D eigenvalue weighted by molar-refractivity contribution is 0.0414. The van der Waals surface area contributed by atoms with E-state index in [0.29, 0.717) is 16.0 Å². The third-order valence-electron chi connectivity index (χ3n) is 3.32. The molecular formula is C12H15Cl2NO. The van der Waals surface area contributed by atoms with Crippen molar-refractivity contribution >= 4 is 23.2 Å². The van der Waals surface area contributed by atoms with Gasteiger partial charge in [-0.1, -0.05) is 35.7 Å². The monoisotopic (exact) mass is 259 g/mol. The average molecular weight is 260 g/mol. The Balaban J connectivity index is 2.15. The number of hydrogen-bond acceptors (Lipinski definition) is 2. The summed E-state index contributed by atoms with van der Waals surface area (Å²) in [7, 11) is 0. The standard InChI is InChI=1S/C12H15Cl2NO/c13-8-4-5-9(10(14)6-8)11(15)12(16)7-2-1-3-7/h4-7,11-12,16H,1-3,15H2/t11-,12+/m1/s1. The molecule has 1 saturated carbocycles. The van der Waals surface area contributed by atoms with Gasteiger partial charge in [-0.05, 0) is 36.5 Å². The first kappa shape index (κ1) is 12.2. The number of rotatable bonds is 3. The summed E-state index contributed by atoms with van der Waals surface area (Å²) in [5, 5.41) is 11.2. The molecule has 1 aromatic rings. The predicted molar refractivity (Wildman–Crippen MR) is 66.7 cm³/mol. The topological polar surface area (TPSA) is 46.2 Å². The molecule has 1 fully saturated rings. The summed E-state index contributed by atoms with van der Waals surface area (Å²) >= 11 is 11.9. The van der Waals surface area contributed by atoms with Crippen molar-refractivity contribution in [1.29, 1.82) is 0 Å². The molecule has 16 heavy (non-hydrogen) atoms. The first-order valence-corrected chi connectivity index (χ1v) is 6.24. The largest absolute Gasteiger partial charge is 0.391 e. The lowest BCUT2D eigenvalue weighted by Gasteiger charge is -2.34. The molecule has 2 nitrogen and oxygen atoms in total. The first-order valence-electron chi connectivity index (χ1n) is 5.48. The maximum Gasteiger partial charge on any atom is 0.0761 e. The molecule has 0 radical (unpaired) electrons. The van der Waals surface area contributed by atoms with Gasteiger partial charge >= 0.3 is 0 Å². The van der Waals surface area contributed by atoms with E-state index in [4.69, 9.17) is 28.9 Å². The minimum atomic E-state index is -0.507. The summed E-state index contributed by atoms with van der Waals surface area (Å²) in [5.41, 5.74) is 6.79. The van der Waals surface area contributed by atoms with Crippen LogP contribution in [0.1, 0.15) is 30.9 Å². The summed E-state index contributed by atoms with van der Waals surface area (Å²) in [6.07, 6.45) is 2.79. The molecule has 0 spiro atoms. The molecule has 0 aromatic heterocycles. The Labute approximate surface area is 105 Å². The lowest BCUT2D eigenvalue weighted by Crippen LogP contribution is -2.36. The van der Waals surface area contributed by atoms with Crippen LogP contribution < -0.4 is 5.73 Å². The highest BCUT2D eigenvalue weighted by atomic mass is 35.5. The Morgan fingerprint density at radius 2 is 2.00 bits per heavy atom. The maximum atomic E-state index is 10.1. The molecule has 0 heterocycles. The summed E-state index contributed by atoms with van der Waals surface area (Å²) in [6.45, 7) is 0. The summed E-state index contributed by atoms with van der Waals surface area (Å²) in [6, 6.07) is 4.77. The van der Waals surface area contributed by atoms with Crippen LogP contribution in [0.2, 0.25) is 10.0 Å². The molecule has 0 amide bonds. The molecule has 2 atom stereocenters. The second-order valence-electron chi connectivity index (χ2n) is 4.37. The van der Waals surface area contributed by atoms with E-state index in [2.05, 4.69) is 0 Å². The van der Waals surface area contributed by atoms with Gasteiger partial charge in [-0.15, -0.1) is 0 Å². The predicted octanol–water partition coefficient (Wildman–Crippen LogP) is 3.15. The van der Waals surface area contributed by atoms with Crippen molar-refractivity contribution in [3.8, 4) is 0 Å². The molecule has 0 aliphatic heterocycles. The lowest BCUT2D eigenvalue weighted by atomic mass is 9.77. The van der Waals surface area contributed by atoms with E-state index < -0.39 is 12.1 Å². The van der Waals surface area contributed by atoms with Crippen LogP contribution in [0.25, 0.3) is 0 Å². The highest BCUT2D eigenvalue weighted by Crippen LogP contribution is 2.36. The van der Waals surface area contributed by atoms with Gasteiger partial charge in [-0.3, -0.25) is 0 Å². The van der Waals surface area contributed by atoms with Crippen LogP contribution in [0, 0.1) is 5.92 Å². The normalized spacial score (nSPS) is 20.2. The molecule has 1 aromatic carbocycles. The second kappa shape index (κ2) is 4.92. The van der Waals surface area contributed by atoms with Gasteiger partial charge in [0, 0.05) is 10.0 Å². The number of aliphatic hydroxyl groups is 1. The van der Waals surface area contributed by atoms with Gasteiger partial charge in [0.15, 0.2) is 0 Å². The second-order valence-corrected chi connectivity index (χ2v) is 5.22. The minimum absolute atomic E-state index is 0.321. The van der Waals surface area contributed by atoms with Crippen LogP contribution in [0.4, 0.5) is 0 Å². The molecule has 3 N–H and O–H groups in total. The van der Waals surface area contributed by atoms with E-state index in [0.717, 1.165) is 18.4 Å². The summed E-state index contributed by atoms with van der Waals surface area (Å²) in [5.74, 6) is 0.321. The number of aliphatic hydroxyl groups excluding tert-OH is 1. The van der Waals surface area contributed by atoms with Crippen LogP contribution in [-0.2, 0) is 0 Å². The van der Waals surface area contributed by atoms with Crippen molar-refractivity contribution < 1.29 is 5.11 Å². The van der Waals surface area contributed by atoms with Crippen LogP contribution in [0.5, 0.6) is 0 Å². The Kier molecular flexibility index (Phi) is 3.75. The van der Waals surface area contributed by atoms with Crippen LogP contribution in [0.3, 0.4) is 0 Å². The van der Waals surface area contributed by atoms with E-state index in [1.54, 1.807) is 18.2 Å². The zero-order valence-corrected chi connectivity index (χ0v) is 10.4. The highest BCUT2D eigenvalue weighted by Gasteiger charge is 2.31. The summed E-state index contributed by atoms with van der Waals surface area (Å²) in [4.78, 5) is 0. The number of benzene rings is 1. The zero-order chi connectivity index (χ0) is 11.7. The van der Waals surface area contributed by atoms with Gasteiger partial charge in [0.1, 0.15) is 0 Å². The van der Waals surface area contributed by atoms with Crippen molar-refractivity contribution in [2.75, 3.05) is 0 Å². The van der Waals surface area contributed by atoms with Gasteiger partial charge in [0.25, 0.3) is 0 Å². The van der Waals surface area contributed by atoms with Gasteiger partial charge in [0.05, 0.1) is 12.1 Å². The number of halogens is 2. The Morgan fingerprint density at radius 3 is 2.50 bits per heavy atom. The number of nitrogens with two attached hydrogens (primary N) is 1. The van der Waals surface area contributed by atoms with Crippen molar-refractivity contribution in [3.63, 3.8) is 0 Å². The molecule has 1 aliphatic carbocycles. The average Bonchev–Trinajstić information content (AvgIpc) is 2.14. The van der Waals surface area contributed by atoms with Gasteiger partial charge < -0.3 is 10.8 Å². The van der Waals surface area contributed by atoms with Crippen LogP contribution in [0.15, 0.2) is 18.2 Å². The van der Waals surface area contributed by atoms with Crippen molar-refractivity contribution in [1.82, 2.24) is 0 Å². The molecular weight excluding hydrogens is 245 g/mol. The van der Waals surface area contributed by atoms with E-state index in [-0.39, 0.29) is 0 Å². The molecule has 0 unspecified atom stereocenters. The highest BCUT2D eigenvalue weighted by molar-refractivity contribution is 6.35. The van der Waals surface area contributed by atoms with Crippen LogP contribution in [-0.4, -0.2) is 11.2 Å². The molecule has 1 aliphatic rings. The Hall–Kier alpha value is -0.280. The number of hydrogen-bond donors (Lipinski definition) is 2. The van der Waals surface area contributed by atoms with Gasteiger partial charge in [0.2, 0.25) is 0 Å². The van der Waals surface area contributed by atoms with Gasteiger partial charge in [-0.25, -0.2) is 0 Å². The molecule has 0 bridgehead atoms. The molecule has 0 saturated heterocycles. The SMILES string of the molecule is N[C@H](c1ccc(Cl)cc1Cl)[C@@H](O)C1CCC1. The van der Waals surface area contributed by atoms with Gasteiger partial charge in [-0.2, -0.15) is 0 Å². The van der Waals surface area contributed by atoms with E-state index in [9.17, 15) is 5.11 Å². The molecule has 4 heteroatoms. The van der Waals surface area contributed by atoms with Crippen molar-refractivity contribution in [2.45, 2.75) is 31.4 Å². The fourth-order valence-corrected chi connectivity index (χ4v) is 2.56. The zero-order valence-electron chi connectivity index (χ0n) is 8.87. The van der Waals surface area contributed by atoms with Crippen molar-refractivity contribution in [3.05, 3.63) is 33.8 Å². The molecule has 88 valence electrons. The third-order valence-corrected chi connectivity index (χ3v) is 3.88. The van der Waals surface area contributed by atoms with Crippen LogP contribution >= 0.6 is 23.2 Å². The molecule has 2 rings (SSSR count). The smallest absolute Gasteiger partial charge is 0.0761 e. The first-order chi connectivity index (χ1) is 7.59. The Morgan fingerprint density at radius 1 is 1.31 bits per heavy atom. The minimum Gasteiger partial charge on any atom is -0.391 e. The fraction of sp³-hybridized carbons (Fsp3) is 0.500. The van der Waals surface area contributed by atoms with E-state index in [1.807, 2.05) is 0 Å².